The van der Waals surface area contributed by atoms with E-state index in [-0.39, 0.29) is 44.7 Å². The molecule has 1 aromatic carbocycles. The number of amides is 4. The van der Waals surface area contributed by atoms with Crippen LogP contribution in [0.2, 0.25) is 0 Å². The summed E-state index contributed by atoms with van der Waals surface area (Å²) in [4.78, 5) is 74.9. The molecule has 34 heavy (non-hydrogen) atoms. The van der Waals surface area contributed by atoms with Crippen molar-refractivity contribution in [3.05, 3.63) is 35.9 Å². The van der Waals surface area contributed by atoms with Gasteiger partial charge < -0.3 is 20.2 Å². The fourth-order valence-electron chi connectivity index (χ4n) is 4.05. The number of benzene rings is 1. The Morgan fingerprint density at radius 3 is 2.59 bits per heavy atom. The predicted octanol–water partition coefficient (Wildman–Crippen LogP) is -0.0497. The van der Waals surface area contributed by atoms with E-state index in [0.717, 1.165) is 5.01 Å². The third kappa shape index (κ3) is 5.77. The zero-order chi connectivity index (χ0) is 24.7. The normalized spacial score (nSPS) is 21.1. The van der Waals surface area contributed by atoms with Gasteiger partial charge in [-0.1, -0.05) is 18.2 Å². The van der Waals surface area contributed by atoms with Crippen molar-refractivity contribution < 1.29 is 33.5 Å². The number of aldehydes is 1. The summed E-state index contributed by atoms with van der Waals surface area (Å²) in [7, 11) is 0. The van der Waals surface area contributed by atoms with Crippen LogP contribution < -0.4 is 10.6 Å². The first kappa shape index (κ1) is 24.9. The molecule has 2 saturated heterocycles. The largest absolute Gasteiger partial charge is 0.466 e. The second-order valence-corrected chi connectivity index (χ2v) is 8.05. The number of carbonyl (C=O) groups is 6. The van der Waals surface area contributed by atoms with E-state index >= 15 is 0 Å². The number of fused-ring (bicyclic) bond motifs is 1. The van der Waals surface area contributed by atoms with Gasteiger partial charge in [0.05, 0.1) is 19.1 Å². The molecule has 0 bridgehead atoms. The molecule has 2 heterocycles. The molecule has 1 aromatic rings. The quantitative estimate of drug-likeness (QED) is 0.399. The maximum Gasteiger partial charge on any atom is 0.308 e. The van der Waals surface area contributed by atoms with Crippen LogP contribution in [-0.2, 0) is 28.7 Å². The Hall–Kier alpha value is -3.76. The Kier molecular flexibility index (Phi) is 8.34. The van der Waals surface area contributed by atoms with E-state index in [2.05, 4.69) is 10.6 Å². The highest BCUT2D eigenvalue weighted by atomic mass is 16.5. The van der Waals surface area contributed by atoms with Crippen LogP contribution in [0.4, 0.5) is 0 Å². The van der Waals surface area contributed by atoms with Gasteiger partial charge in [0.2, 0.25) is 11.8 Å². The number of carbonyl (C=O) groups excluding carboxylic acids is 6. The average molecular weight is 472 g/mol. The number of hydrogen-bond donors (Lipinski definition) is 2. The van der Waals surface area contributed by atoms with Gasteiger partial charge in [0.1, 0.15) is 18.4 Å². The van der Waals surface area contributed by atoms with Crippen LogP contribution in [0.25, 0.3) is 0 Å². The Balaban J connectivity index is 1.77. The van der Waals surface area contributed by atoms with Crippen molar-refractivity contribution in [2.75, 3.05) is 13.2 Å². The zero-order valence-electron chi connectivity index (χ0n) is 18.9. The molecule has 2 fully saturated rings. The average Bonchev–Trinajstić information content (AvgIpc) is 2.96. The minimum atomic E-state index is -1.13. The second kappa shape index (κ2) is 11.4. The Bertz CT molecular complexity index is 952. The first-order valence-corrected chi connectivity index (χ1v) is 11.3. The van der Waals surface area contributed by atoms with Gasteiger partial charge in [-0.3, -0.25) is 29.0 Å². The van der Waals surface area contributed by atoms with Crippen LogP contribution in [0.5, 0.6) is 0 Å². The molecule has 3 atom stereocenters. The predicted molar refractivity (Wildman–Crippen MR) is 118 cm³/mol. The van der Waals surface area contributed by atoms with Gasteiger partial charge in [-0.25, -0.2) is 5.01 Å². The number of nitrogens with zero attached hydrogens (tertiary/aromatic N) is 2. The minimum absolute atomic E-state index is 0.0239. The van der Waals surface area contributed by atoms with Crippen molar-refractivity contribution in [3.63, 3.8) is 0 Å². The van der Waals surface area contributed by atoms with Gasteiger partial charge in [-0.2, -0.15) is 0 Å². The van der Waals surface area contributed by atoms with Crippen molar-refractivity contribution in [3.8, 4) is 0 Å². The Morgan fingerprint density at radius 1 is 1.18 bits per heavy atom. The van der Waals surface area contributed by atoms with Crippen LogP contribution in [0, 0.1) is 0 Å². The monoisotopic (exact) mass is 472 g/mol. The van der Waals surface area contributed by atoms with E-state index in [4.69, 9.17) is 4.74 Å². The molecular weight excluding hydrogens is 444 g/mol. The number of nitrogens with one attached hydrogen (secondary N) is 2. The highest BCUT2D eigenvalue weighted by molar-refractivity contribution is 5.99. The van der Waals surface area contributed by atoms with Crippen LogP contribution in [0.1, 0.15) is 49.4 Å². The van der Waals surface area contributed by atoms with Crippen molar-refractivity contribution in [2.45, 2.75) is 57.2 Å². The lowest BCUT2D eigenvalue weighted by atomic mass is 10.0. The van der Waals surface area contributed by atoms with Gasteiger partial charge in [0, 0.05) is 18.5 Å². The highest BCUT2D eigenvalue weighted by Crippen LogP contribution is 2.25. The summed E-state index contributed by atoms with van der Waals surface area (Å²) >= 11 is 0. The van der Waals surface area contributed by atoms with Gasteiger partial charge in [-0.15, -0.1) is 0 Å². The maximum absolute atomic E-state index is 13.4. The topological polar surface area (TPSA) is 142 Å². The van der Waals surface area contributed by atoms with Crippen LogP contribution in [0.3, 0.4) is 0 Å². The number of hydrogen-bond acceptors (Lipinski definition) is 7. The molecule has 0 aromatic heterocycles. The Morgan fingerprint density at radius 2 is 1.91 bits per heavy atom. The van der Waals surface area contributed by atoms with Crippen molar-refractivity contribution in [1.29, 1.82) is 0 Å². The molecule has 0 spiro atoms. The molecule has 3 rings (SSSR count). The smallest absolute Gasteiger partial charge is 0.308 e. The Labute approximate surface area is 196 Å². The third-order valence-electron chi connectivity index (χ3n) is 5.69. The molecule has 2 N–H and O–H groups in total. The lowest BCUT2D eigenvalue weighted by Gasteiger charge is -2.43. The van der Waals surface area contributed by atoms with E-state index in [0.29, 0.717) is 18.3 Å². The molecule has 0 saturated carbocycles. The molecule has 2 aliphatic rings. The summed E-state index contributed by atoms with van der Waals surface area (Å²) in [6.45, 7) is 2.02. The van der Waals surface area contributed by atoms with Crippen molar-refractivity contribution in [2.24, 2.45) is 0 Å². The maximum atomic E-state index is 13.4. The van der Waals surface area contributed by atoms with E-state index in [1.165, 1.54) is 5.01 Å². The molecule has 2 aliphatic heterocycles. The first-order chi connectivity index (χ1) is 16.3. The number of rotatable bonds is 8. The lowest BCUT2D eigenvalue weighted by molar-refractivity contribution is -0.176. The van der Waals surface area contributed by atoms with Crippen LogP contribution in [0.15, 0.2) is 30.3 Å². The molecule has 182 valence electrons. The summed E-state index contributed by atoms with van der Waals surface area (Å²) in [6.07, 6.45) is 0.924. The van der Waals surface area contributed by atoms with Gasteiger partial charge in [0.25, 0.3) is 11.8 Å². The lowest BCUT2D eigenvalue weighted by Crippen LogP contribution is -2.64. The SMILES string of the molecule is CCOC(=O)C[C@@H](C=O)NC(=O)C1CCCN2C(=O)CCC(NC(=O)c3ccccc3)C(=O)N12. The molecule has 2 unspecified atom stereocenters. The number of hydrazine groups is 1. The molecule has 0 aliphatic carbocycles. The number of esters is 1. The van der Waals surface area contributed by atoms with E-state index in [1.807, 2.05) is 0 Å². The standard InChI is InChI=1S/C23H28N4O7/c1-2-34-20(30)13-16(14-28)24-22(32)18-9-6-12-26-19(29)11-10-17(23(33)27(18)26)25-21(31)15-7-4-3-5-8-15/h3-5,7-8,14,16-18H,2,6,9-13H2,1H3,(H,24,32)(H,25,31)/t16-,17?,18?/m0/s1. The third-order valence-corrected chi connectivity index (χ3v) is 5.69. The van der Waals surface area contributed by atoms with Gasteiger partial charge >= 0.3 is 5.97 Å². The summed E-state index contributed by atoms with van der Waals surface area (Å²) in [5.74, 6) is -2.69. The second-order valence-electron chi connectivity index (χ2n) is 8.05. The van der Waals surface area contributed by atoms with E-state index < -0.39 is 41.8 Å². The highest BCUT2D eigenvalue weighted by Gasteiger charge is 2.44. The molecule has 0 radical (unpaired) electrons. The summed E-state index contributed by atoms with van der Waals surface area (Å²) < 4.78 is 4.82. The zero-order valence-corrected chi connectivity index (χ0v) is 18.9. The molecule has 11 nitrogen and oxygen atoms in total. The van der Waals surface area contributed by atoms with E-state index in [1.54, 1.807) is 37.3 Å². The fourth-order valence-corrected chi connectivity index (χ4v) is 4.05. The van der Waals surface area contributed by atoms with Crippen molar-refractivity contribution in [1.82, 2.24) is 20.7 Å². The number of ether oxygens (including phenoxy) is 1. The first-order valence-electron chi connectivity index (χ1n) is 11.3. The van der Waals surface area contributed by atoms with Crippen LogP contribution >= 0.6 is 0 Å². The fraction of sp³-hybridized carbons (Fsp3) is 0.478. The molecule has 11 heteroatoms. The summed E-state index contributed by atoms with van der Waals surface area (Å²) in [6, 6.07) is 5.16. The molecule has 4 amide bonds. The summed E-state index contributed by atoms with van der Waals surface area (Å²) in [5, 5.41) is 7.48. The van der Waals surface area contributed by atoms with Gasteiger partial charge in [-0.05, 0) is 38.3 Å². The van der Waals surface area contributed by atoms with Crippen LogP contribution in [-0.4, -0.2) is 77.2 Å². The van der Waals surface area contributed by atoms with E-state index in [9.17, 15) is 28.8 Å². The van der Waals surface area contributed by atoms with Gasteiger partial charge in [0.15, 0.2) is 0 Å². The minimum Gasteiger partial charge on any atom is -0.466 e. The van der Waals surface area contributed by atoms with Crippen molar-refractivity contribution >= 4 is 35.9 Å². The molecular formula is C23H28N4O7. The summed E-state index contributed by atoms with van der Waals surface area (Å²) in [5.41, 5.74) is 0.364.